The highest BCUT2D eigenvalue weighted by atomic mass is 16.6. The van der Waals surface area contributed by atoms with Gasteiger partial charge in [-0.15, -0.1) is 0 Å². The van der Waals surface area contributed by atoms with Crippen LogP contribution in [0.25, 0.3) is 0 Å². The Kier molecular flexibility index (Phi) is 6.87. The van der Waals surface area contributed by atoms with Gasteiger partial charge in [-0.1, -0.05) is 12.1 Å². The summed E-state index contributed by atoms with van der Waals surface area (Å²) in [5, 5.41) is 24.2. The van der Waals surface area contributed by atoms with E-state index in [0.717, 1.165) is 0 Å². The number of nitro groups is 1. The Morgan fingerprint density at radius 2 is 1.88 bits per heavy atom. The number of hydrogen-bond donors (Lipinski definition) is 2. The van der Waals surface area contributed by atoms with Gasteiger partial charge < -0.3 is 15.4 Å². The first-order valence-electron chi connectivity index (χ1n) is 7.50. The second-order valence-electron chi connectivity index (χ2n) is 6.16. The first-order chi connectivity index (χ1) is 11.6. The summed E-state index contributed by atoms with van der Waals surface area (Å²) in [6, 6.07) is 7.21. The Balaban J connectivity index is 2.89. The molecule has 25 heavy (non-hydrogen) atoms. The minimum Gasteiger partial charge on any atom is -0.444 e. The molecule has 9 heteroatoms. The maximum Gasteiger partial charge on any atom is 0.407 e. The predicted molar refractivity (Wildman–Crippen MR) is 88.7 cm³/mol. The van der Waals surface area contributed by atoms with Crippen LogP contribution in [-0.4, -0.2) is 35.6 Å². The molecular formula is C16H20N4O5. The Bertz CT molecular complexity index is 673. The van der Waals surface area contributed by atoms with E-state index in [4.69, 9.17) is 10.00 Å². The molecule has 1 atom stereocenters. The predicted octanol–water partition coefficient (Wildman–Crippen LogP) is 1.84. The fourth-order valence-electron chi connectivity index (χ4n) is 1.94. The molecular weight excluding hydrogens is 328 g/mol. The molecule has 0 fully saturated rings. The number of alkyl carbamates (subject to hydrolysis) is 1. The number of nitro benzene ring substituents is 1. The minimum absolute atomic E-state index is 0.0794. The van der Waals surface area contributed by atoms with Gasteiger partial charge in [-0.25, -0.2) is 4.79 Å². The summed E-state index contributed by atoms with van der Waals surface area (Å²) in [6.45, 7) is 4.86. The van der Waals surface area contributed by atoms with Gasteiger partial charge in [-0.2, -0.15) is 5.26 Å². The normalized spacial score (nSPS) is 11.8. The monoisotopic (exact) mass is 348 g/mol. The highest BCUT2D eigenvalue weighted by molar-refractivity contribution is 5.84. The summed E-state index contributed by atoms with van der Waals surface area (Å²) in [7, 11) is 0. The van der Waals surface area contributed by atoms with Crippen LogP contribution in [0, 0.1) is 21.4 Å². The molecule has 0 saturated carbocycles. The summed E-state index contributed by atoms with van der Waals surface area (Å²) in [6.07, 6.45) is -0.688. The van der Waals surface area contributed by atoms with E-state index in [9.17, 15) is 19.7 Å². The van der Waals surface area contributed by atoms with Gasteiger partial charge in [0.15, 0.2) is 0 Å². The van der Waals surface area contributed by atoms with E-state index in [2.05, 4.69) is 10.6 Å². The molecule has 134 valence electrons. The van der Waals surface area contributed by atoms with E-state index in [-0.39, 0.29) is 18.8 Å². The van der Waals surface area contributed by atoms with Crippen LogP contribution in [0.5, 0.6) is 0 Å². The molecule has 0 bridgehead atoms. The molecule has 1 rings (SSSR count). The molecule has 0 spiro atoms. The Morgan fingerprint density at radius 3 is 2.36 bits per heavy atom. The maximum atomic E-state index is 12.2. The SMILES string of the molecule is CC(C)(C)OC(=O)NCC(C(=O)NCC#N)c1ccc([N+](=O)[O-])cc1. The van der Waals surface area contributed by atoms with Crippen molar-refractivity contribution in [2.75, 3.05) is 13.1 Å². The third-order valence-corrected chi connectivity index (χ3v) is 3.01. The second kappa shape index (κ2) is 8.63. The van der Waals surface area contributed by atoms with Crippen molar-refractivity contribution in [3.63, 3.8) is 0 Å². The van der Waals surface area contributed by atoms with E-state index < -0.39 is 28.4 Å². The van der Waals surface area contributed by atoms with Crippen molar-refractivity contribution in [1.29, 1.82) is 5.26 Å². The van der Waals surface area contributed by atoms with Crippen LogP contribution in [0.2, 0.25) is 0 Å². The number of hydrogen-bond acceptors (Lipinski definition) is 6. The number of nitriles is 1. The topological polar surface area (TPSA) is 134 Å². The van der Waals surface area contributed by atoms with E-state index in [1.165, 1.54) is 24.3 Å². The number of nitrogens with one attached hydrogen (secondary N) is 2. The molecule has 2 amide bonds. The lowest BCUT2D eigenvalue weighted by Crippen LogP contribution is -2.39. The molecule has 0 aromatic heterocycles. The van der Waals surface area contributed by atoms with Crippen molar-refractivity contribution in [3.05, 3.63) is 39.9 Å². The van der Waals surface area contributed by atoms with Crippen molar-refractivity contribution in [3.8, 4) is 6.07 Å². The maximum absolute atomic E-state index is 12.2. The highest BCUT2D eigenvalue weighted by Gasteiger charge is 2.23. The smallest absolute Gasteiger partial charge is 0.407 e. The summed E-state index contributed by atoms with van der Waals surface area (Å²) >= 11 is 0. The number of non-ortho nitro benzene ring substituents is 1. The van der Waals surface area contributed by atoms with Crippen LogP contribution in [0.1, 0.15) is 32.3 Å². The summed E-state index contributed by atoms with van der Waals surface area (Å²) < 4.78 is 5.11. The Morgan fingerprint density at radius 1 is 1.28 bits per heavy atom. The van der Waals surface area contributed by atoms with Crippen LogP contribution in [-0.2, 0) is 9.53 Å². The fraction of sp³-hybridized carbons (Fsp3) is 0.438. The van der Waals surface area contributed by atoms with E-state index in [0.29, 0.717) is 5.56 Å². The van der Waals surface area contributed by atoms with Crippen molar-refractivity contribution < 1.29 is 19.2 Å². The zero-order valence-corrected chi connectivity index (χ0v) is 14.2. The van der Waals surface area contributed by atoms with Gasteiger partial charge in [0.25, 0.3) is 5.69 Å². The first-order valence-corrected chi connectivity index (χ1v) is 7.50. The quantitative estimate of drug-likeness (QED) is 0.457. The van der Waals surface area contributed by atoms with E-state index >= 15 is 0 Å². The molecule has 1 unspecified atom stereocenters. The number of nitrogens with zero attached hydrogens (tertiary/aromatic N) is 2. The van der Waals surface area contributed by atoms with Crippen molar-refractivity contribution in [2.45, 2.75) is 32.3 Å². The van der Waals surface area contributed by atoms with Crippen molar-refractivity contribution in [1.82, 2.24) is 10.6 Å². The van der Waals surface area contributed by atoms with Gasteiger partial charge in [0.2, 0.25) is 5.91 Å². The van der Waals surface area contributed by atoms with Gasteiger partial charge in [-0.05, 0) is 26.3 Å². The van der Waals surface area contributed by atoms with Gasteiger partial charge in [0.1, 0.15) is 12.1 Å². The Hall–Kier alpha value is -3.15. The first kappa shape index (κ1) is 19.9. The van der Waals surface area contributed by atoms with Crippen LogP contribution in [0.15, 0.2) is 24.3 Å². The highest BCUT2D eigenvalue weighted by Crippen LogP contribution is 2.20. The van der Waals surface area contributed by atoms with Gasteiger partial charge in [0.05, 0.1) is 16.9 Å². The standard InChI is InChI=1S/C16H20N4O5/c1-16(2,3)25-15(22)19-10-13(14(21)18-9-8-17)11-4-6-12(7-5-11)20(23)24/h4-7,13H,9-10H2,1-3H3,(H,18,21)(H,19,22). The van der Waals surface area contributed by atoms with Gasteiger partial charge in [-0.3, -0.25) is 14.9 Å². The number of benzene rings is 1. The lowest BCUT2D eigenvalue weighted by molar-refractivity contribution is -0.384. The summed E-state index contributed by atoms with van der Waals surface area (Å²) in [5.74, 6) is -1.30. The summed E-state index contributed by atoms with van der Waals surface area (Å²) in [5.41, 5.74) is -0.326. The number of rotatable bonds is 6. The number of carbonyl (C=O) groups is 2. The number of ether oxygens (including phenoxy) is 1. The van der Waals surface area contributed by atoms with E-state index in [1.807, 2.05) is 0 Å². The van der Waals surface area contributed by atoms with Crippen LogP contribution in [0.3, 0.4) is 0 Å². The zero-order chi connectivity index (χ0) is 19.0. The molecule has 0 heterocycles. The molecule has 0 aliphatic rings. The third kappa shape index (κ3) is 6.87. The third-order valence-electron chi connectivity index (χ3n) is 3.01. The van der Waals surface area contributed by atoms with Crippen LogP contribution >= 0.6 is 0 Å². The van der Waals surface area contributed by atoms with Gasteiger partial charge >= 0.3 is 6.09 Å². The van der Waals surface area contributed by atoms with Crippen LogP contribution in [0.4, 0.5) is 10.5 Å². The molecule has 0 saturated heterocycles. The van der Waals surface area contributed by atoms with Crippen LogP contribution < -0.4 is 10.6 Å². The van der Waals surface area contributed by atoms with E-state index in [1.54, 1.807) is 26.8 Å². The summed E-state index contributed by atoms with van der Waals surface area (Å²) in [4.78, 5) is 34.2. The Labute approximate surface area is 145 Å². The van der Waals surface area contributed by atoms with Crippen molar-refractivity contribution >= 4 is 17.7 Å². The molecule has 0 radical (unpaired) electrons. The fourth-order valence-corrected chi connectivity index (χ4v) is 1.94. The van der Waals surface area contributed by atoms with Crippen molar-refractivity contribution in [2.24, 2.45) is 0 Å². The zero-order valence-electron chi connectivity index (χ0n) is 14.2. The molecule has 1 aromatic rings. The average molecular weight is 348 g/mol. The largest absolute Gasteiger partial charge is 0.444 e. The average Bonchev–Trinajstić information content (AvgIpc) is 2.51. The lowest BCUT2D eigenvalue weighted by Gasteiger charge is -2.21. The lowest BCUT2D eigenvalue weighted by atomic mass is 9.97. The minimum atomic E-state index is -0.818. The second-order valence-corrected chi connectivity index (χ2v) is 6.16. The molecule has 0 aliphatic carbocycles. The van der Waals surface area contributed by atoms with Gasteiger partial charge in [0, 0.05) is 18.7 Å². The molecule has 2 N–H and O–H groups in total. The molecule has 1 aromatic carbocycles. The molecule has 0 aliphatic heterocycles. The molecule has 9 nitrogen and oxygen atoms in total. The number of carbonyl (C=O) groups excluding carboxylic acids is 2. The number of amides is 2.